The number of hydrogen-bond acceptors (Lipinski definition) is 6. The molecule has 3 rings (SSSR count). The van der Waals surface area contributed by atoms with E-state index in [1.165, 1.54) is 6.07 Å². The van der Waals surface area contributed by atoms with Crippen molar-refractivity contribution in [3.8, 4) is 0 Å². The minimum Gasteiger partial charge on any atom is -0.461 e. The van der Waals surface area contributed by atoms with Gasteiger partial charge in [0.2, 0.25) is 0 Å². The summed E-state index contributed by atoms with van der Waals surface area (Å²) in [5.41, 5.74) is 0.206. The first-order valence-electron chi connectivity index (χ1n) is 12.4. The van der Waals surface area contributed by atoms with Crippen molar-refractivity contribution in [3.63, 3.8) is 0 Å². The molecule has 1 heterocycles. The van der Waals surface area contributed by atoms with Crippen molar-refractivity contribution in [1.82, 2.24) is 15.2 Å². The topological polar surface area (TPSA) is 98.7 Å². The smallest absolute Gasteiger partial charge is 0.413 e. The Hall–Kier alpha value is -3.72. The van der Waals surface area contributed by atoms with Crippen LogP contribution < -0.4 is 16.2 Å². The maximum absolute atomic E-state index is 13.8. The lowest BCUT2D eigenvalue weighted by molar-refractivity contribution is -0.157. The zero-order valence-electron chi connectivity index (χ0n) is 22.7. The maximum atomic E-state index is 13.8. The van der Waals surface area contributed by atoms with Gasteiger partial charge in [0.05, 0.1) is 11.6 Å². The highest BCUT2D eigenvalue weighted by Gasteiger charge is 2.46. The molecule has 1 atom stereocenters. The van der Waals surface area contributed by atoms with Gasteiger partial charge < -0.3 is 19.4 Å². The van der Waals surface area contributed by atoms with Crippen molar-refractivity contribution in [2.75, 3.05) is 0 Å². The van der Waals surface area contributed by atoms with Gasteiger partial charge in [-0.3, -0.25) is 10.1 Å². The van der Waals surface area contributed by atoms with E-state index in [1.54, 1.807) is 43.7 Å². The summed E-state index contributed by atoms with van der Waals surface area (Å²) in [6.07, 6.45) is -0.840. The molecule has 8 nitrogen and oxygen atoms in total. The summed E-state index contributed by atoms with van der Waals surface area (Å²) in [6.45, 7) is 9.62. The van der Waals surface area contributed by atoms with Gasteiger partial charge in [0.1, 0.15) is 6.61 Å². The van der Waals surface area contributed by atoms with E-state index in [0.29, 0.717) is 17.5 Å². The summed E-state index contributed by atoms with van der Waals surface area (Å²) in [5, 5.41) is 6.33. The molecule has 1 amide bonds. The summed E-state index contributed by atoms with van der Waals surface area (Å²) in [7, 11) is 1.69. The minimum absolute atomic E-state index is 0.0706. The summed E-state index contributed by atoms with van der Waals surface area (Å²) in [5.74, 6) is -0.534. The number of hydrogen-bond donors (Lipinski definition) is 2. The number of ether oxygens (including phenoxy) is 2. The van der Waals surface area contributed by atoms with Crippen molar-refractivity contribution in [2.24, 2.45) is 12.5 Å². The second kappa shape index (κ2) is 11.8. The molecular formula is C29H35N3O5S. The number of rotatable bonds is 7. The van der Waals surface area contributed by atoms with E-state index in [4.69, 9.17) is 21.7 Å². The largest absolute Gasteiger partial charge is 0.461 e. The first-order valence-corrected chi connectivity index (χ1v) is 12.8. The number of alkyl carbamates (subject to hydrolysis) is 1. The van der Waals surface area contributed by atoms with Crippen LogP contribution in [0.2, 0.25) is 0 Å². The lowest BCUT2D eigenvalue weighted by atomic mass is 9.75. The number of aromatic nitrogens is 1. The Balaban J connectivity index is 1.99. The van der Waals surface area contributed by atoms with Gasteiger partial charge >= 0.3 is 12.1 Å². The Morgan fingerprint density at radius 2 is 1.71 bits per heavy atom. The van der Waals surface area contributed by atoms with E-state index in [0.717, 1.165) is 10.9 Å². The molecule has 0 saturated carbocycles. The number of esters is 1. The Morgan fingerprint density at radius 1 is 1.03 bits per heavy atom. The van der Waals surface area contributed by atoms with Crippen LogP contribution in [0.15, 0.2) is 65.5 Å². The van der Waals surface area contributed by atoms with Gasteiger partial charge in [0, 0.05) is 13.1 Å². The third-order valence-electron chi connectivity index (χ3n) is 5.86. The molecule has 38 heavy (non-hydrogen) atoms. The zero-order valence-corrected chi connectivity index (χ0v) is 23.5. The number of nitrogens with one attached hydrogen (secondary N) is 2. The second-order valence-corrected chi connectivity index (χ2v) is 11.2. The van der Waals surface area contributed by atoms with Crippen molar-refractivity contribution >= 4 is 40.3 Å². The van der Waals surface area contributed by atoms with Crippen LogP contribution in [0.3, 0.4) is 0 Å². The molecule has 1 aromatic heterocycles. The number of carbonyl (C=O) groups is 2. The molecule has 0 radical (unpaired) electrons. The number of nitrogens with zero attached hydrogens (tertiary/aromatic N) is 1. The number of amides is 1. The van der Waals surface area contributed by atoms with Gasteiger partial charge in [0.15, 0.2) is 10.7 Å². The van der Waals surface area contributed by atoms with Crippen molar-refractivity contribution < 1.29 is 19.1 Å². The third kappa shape index (κ3) is 7.19. The average molecular weight is 538 g/mol. The summed E-state index contributed by atoms with van der Waals surface area (Å²) in [6, 6.07) is 17.9. The summed E-state index contributed by atoms with van der Waals surface area (Å²) in [4.78, 5) is 38.4. The number of carbonyl (C=O) groups excluding carboxylic acids is 2. The highest BCUT2D eigenvalue weighted by Crippen LogP contribution is 2.37. The van der Waals surface area contributed by atoms with E-state index in [1.807, 2.05) is 57.2 Å². The lowest BCUT2D eigenvalue weighted by Gasteiger charge is -2.39. The Labute approximate surface area is 228 Å². The predicted molar refractivity (Wildman–Crippen MR) is 152 cm³/mol. The molecule has 0 saturated heterocycles. The predicted octanol–water partition coefficient (Wildman–Crippen LogP) is 4.92. The summed E-state index contributed by atoms with van der Waals surface area (Å²) < 4.78 is 12.6. The summed E-state index contributed by atoms with van der Waals surface area (Å²) >= 11 is 5.49. The highest BCUT2D eigenvalue weighted by atomic mass is 32.1. The fraction of sp³-hybridized carbons (Fsp3) is 0.379. The molecule has 2 N–H and O–H groups in total. The van der Waals surface area contributed by atoms with Crippen molar-refractivity contribution in [3.05, 3.63) is 82.1 Å². The number of pyridine rings is 1. The quantitative estimate of drug-likeness (QED) is 0.326. The Bertz CT molecular complexity index is 1380. The first kappa shape index (κ1) is 28.8. The fourth-order valence-electron chi connectivity index (χ4n) is 4.30. The van der Waals surface area contributed by atoms with Gasteiger partial charge in [-0.05, 0) is 72.6 Å². The van der Waals surface area contributed by atoms with Crippen LogP contribution in [0.5, 0.6) is 0 Å². The molecule has 0 spiro atoms. The van der Waals surface area contributed by atoms with Crippen LogP contribution in [0.1, 0.15) is 52.2 Å². The average Bonchev–Trinajstić information content (AvgIpc) is 2.83. The number of thiocarbonyl (C=S) groups is 1. The lowest BCUT2D eigenvalue weighted by Crippen LogP contribution is -2.58. The van der Waals surface area contributed by atoms with E-state index >= 15 is 0 Å². The normalized spacial score (nSPS) is 13.0. The molecule has 0 fully saturated rings. The van der Waals surface area contributed by atoms with Gasteiger partial charge in [-0.25, -0.2) is 9.59 Å². The third-order valence-corrected chi connectivity index (χ3v) is 6.06. The van der Waals surface area contributed by atoms with Crippen LogP contribution in [0, 0.1) is 5.41 Å². The maximum Gasteiger partial charge on any atom is 0.413 e. The van der Waals surface area contributed by atoms with Gasteiger partial charge in [-0.2, -0.15) is 0 Å². The highest BCUT2D eigenvalue weighted by molar-refractivity contribution is 7.80. The molecule has 0 aliphatic carbocycles. The molecule has 2 aromatic carbocycles. The number of fused-ring (bicyclic) bond motifs is 1. The Kier molecular flexibility index (Phi) is 8.93. The van der Waals surface area contributed by atoms with E-state index in [2.05, 4.69) is 10.6 Å². The molecule has 0 aliphatic rings. The van der Waals surface area contributed by atoms with E-state index < -0.39 is 17.6 Å². The molecular weight excluding hydrogens is 502 g/mol. The van der Waals surface area contributed by atoms with E-state index in [-0.39, 0.29) is 28.8 Å². The van der Waals surface area contributed by atoms with Crippen LogP contribution in [0.4, 0.5) is 4.79 Å². The molecule has 0 unspecified atom stereocenters. The molecule has 0 aliphatic heterocycles. The van der Waals surface area contributed by atoms with E-state index in [9.17, 15) is 14.4 Å². The van der Waals surface area contributed by atoms with Crippen LogP contribution >= 0.6 is 12.2 Å². The van der Waals surface area contributed by atoms with Gasteiger partial charge in [-0.1, -0.05) is 57.2 Å². The van der Waals surface area contributed by atoms with Crippen molar-refractivity contribution in [1.29, 1.82) is 0 Å². The SMILES string of the molecule is CC(C)OC(=O)[C@](CC(C)(C)C)(NC(=S)NC(=O)OCc1ccccc1)c1ccc2c(ccc(=O)n2C)c1. The van der Waals surface area contributed by atoms with Crippen LogP contribution in [-0.2, 0) is 33.5 Å². The molecule has 202 valence electrons. The molecule has 9 heteroatoms. The van der Waals surface area contributed by atoms with Crippen LogP contribution in [-0.4, -0.2) is 27.8 Å². The number of aryl methyl sites for hydroxylation is 1. The fourth-order valence-corrected chi connectivity index (χ4v) is 4.55. The van der Waals surface area contributed by atoms with Crippen molar-refractivity contribution in [2.45, 2.75) is 59.3 Å². The zero-order chi connectivity index (χ0) is 28.1. The number of benzene rings is 2. The first-order chi connectivity index (χ1) is 17.8. The monoisotopic (exact) mass is 537 g/mol. The molecule has 3 aromatic rings. The standard InChI is InChI=1S/C29H35N3O5S/c1-19(2)37-25(34)29(18-28(3,4)5,22-13-14-23-21(16-22)12-15-24(33)32(23)6)31-26(38)30-27(35)36-17-20-10-8-7-9-11-20/h7-16,19H,17-18H2,1-6H3,(H2,30,31,35,38)/t29-/m1/s1. The second-order valence-electron chi connectivity index (χ2n) is 10.7. The minimum atomic E-state index is -1.44. The van der Waals surface area contributed by atoms with Gasteiger partial charge in [0.25, 0.3) is 5.56 Å². The van der Waals surface area contributed by atoms with Crippen LogP contribution in [0.25, 0.3) is 10.9 Å². The van der Waals surface area contributed by atoms with Gasteiger partial charge in [-0.15, -0.1) is 0 Å². The molecule has 0 bridgehead atoms. The Morgan fingerprint density at radius 3 is 2.34 bits per heavy atom.